The molecule has 0 radical (unpaired) electrons. The minimum absolute atomic E-state index is 0.130. The number of hydrogen-bond donors (Lipinski definition) is 1. The quantitative estimate of drug-likeness (QED) is 0.609. The first kappa shape index (κ1) is 20.2. The van der Waals surface area contributed by atoms with Crippen LogP contribution in [0.2, 0.25) is 0 Å². The number of nitrogens with zero attached hydrogens (tertiary/aromatic N) is 2. The number of carbonyl (C=O) groups excluding carboxylic acids is 1. The Balaban J connectivity index is 1.48. The number of benzene rings is 2. The number of carbonyl (C=O) groups is 1. The molecule has 1 heterocycles. The van der Waals surface area contributed by atoms with E-state index in [-0.39, 0.29) is 24.9 Å². The molecule has 7 heteroatoms. The Labute approximate surface area is 172 Å². The molecule has 1 aliphatic carbocycles. The van der Waals surface area contributed by atoms with Crippen LogP contribution in [-0.4, -0.2) is 22.2 Å². The molecule has 0 bridgehead atoms. The second-order valence-corrected chi connectivity index (χ2v) is 7.50. The summed E-state index contributed by atoms with van der Waals surface area (Å²) in [6.07, 6.45) is -2.72. The molecule has 1 N–H and O–H groups in total. The van der Waals surface area contributed by atoms with E-state index in [1.165, 1.54) is 4.68 Å². The molecule has 0 aliphatic heterocycles. The van der Waals surface area contributed by atoms with E-state index in [4.69, 9.17) is 0 Å². The number of rotatable bonds is 7. The summed E-state index contributed by atoms with van der Waals surface area (Å²) in [6, 6.07) is 20.0. The fourth-order valence-corrected chi connectivity index (χ4v) is 3.63. The third-order valence-corrected chi connectivity index (χ3v) is 5.25. The van der Waals surface area contributed by atoms with E-state index in [9.17, 15) is 18.0 Å². The van der Waals surface area contributed by atoms with Crippen LogP contribution in [0, 0.1) is 0 Å². The predicted molar refractivity (Wildman–Crippen MR) is 107 cm³/mol. The fourth-order valence-electron chi connectivity index (χ4n) is 3.63. The number of alkyl halides is 3. The van der Waals surface area contributed by atoms with Gasteiger partial charge in [-0.05, 0) is 30.0 Å². The van der Waals surface area contributed by atoms with E-state index in [0.717, 1.165) is 30.0 Å². The maximum atomic E-state index is 13.1. The number of nitrogens with one attached hydrogen (secondary N) is 1. The lowest BCUT2D eigenvalue weighted by Crippen LogP contribution is -2.33. The zero-order valence-electron chi connectivity index (χ0n) is 16.3. The number of halogens is 3. The molecule has 1 fully saturated rings. The number of amides is 1. The van der Waals surface area contributed by atoms with Crippen molar-refractivity contribution < 1.29 is 18.0 Å². The van der Waals surface area contributed by atoms with Gasteiger partial charge in [-0.3, -0.25) is 9.48 Å². The molecule has 4 rings (SSSR count). The minimum atomic E-state index is -4.47. The van der Waals surface area contributed by atoms with E-state index in [2.05, 4.69) is 10.4 Å². The van der Waals surface area contributed by atoms with Crippen molar-refractivity contribution in [3.8, 4) is 0 Å². The van der Waals surface area contributed by atoms with Crippen molar-refractivity contribution in [2.24, 2.45) is 0 Å². The first-order valence-corrected chi connectivity index (χ1v) is 9.96. The normalized spacial score (nSPS) is 14.1. The Morgan fingerprint density at radius 2 is 1.60 bits per heavy atom. The highest BCUT2D eigenvalue weighted by molar-refractivity contribution is 5.87. The highest BCUT2D eigenvalue weighted by atomic mass is 19.4. The van der Waals surface area contributed by atoms with Gasteiger partial charge in [-0.25, -0.2) is 0 Å². The van der Waals surface area contributed by atoms with E-state index in [0.29, 0.717) is 5.69 Å². The Hall–Kier alpha value is -3.09. The van der Waals surface area contributed by atoms with Crippen LogP contribution in [0.1, 0.15) is 47.2 Å². The van der Waals surface area contributed by atoms with Gasteiger partial charge in [0.15, 0.2) is 5.69 Å². The summed E-state index contributed by atoms with van der Waals surface area (Å²) in [5, 5.41) is 6.62. The van der Waals surface area contributed by atoms with Gasteiger partial charge in [-0.2, -0.15) is 18.3 Å². The van der Waals surface area contributed by atoms with E-state index in [1.807, 2.05) is 60.7 Å². The molecule has 4 nitrogen and oxygen atoms in total. The minimum Gasteiger partial charge on any atom is -0.353 e. The number of aromatic nitrogens is 2. The molecule has 1 saturated carbocycles. The van der Waals surface area contributed by atoms with Crippen molar-refractivity contribution in [3.05, 3.63) is 89.2 Å². The van der Waals surface area contributed by atoms with Gasteiger partial charge in [0, 0.05) is 18.2 Å². The van der Waals surface area contributed by atoms with E-state index in [1.54, 1.807) is 0 Å². The second kappa shape index (κ2) is 8.34. The van der Waals surface area contributed by atoms with Crippen molar-refractivity contribution in [3.63, 3.8) is 0 Å². The van der Waals surface area contributed by atoms with Crippen LogP contribution in [-0.2, 0) is 17.5 Å². The SMILES string of the molecule is O=C(NCCn1nc(C(F)(F)F)cc1C1CC1)C(c1ccccc1)c1ccccc1. The number of hydrogen-bond acceptors (Lipinski definition) is 2. The zero-order valence-corrected chi connectivity index (χ0v) is 16.3. The maximum absolute atomic E-state index is 13.1. The fraction of sp³-hybridized carbons (Fsp3) is 0.304. The van der Waals surface area contributed by atoms with Gasteiger partial charge in [0.25, 0.3) is 0 Å². The van der Waals surface area contributed by atoms with Crippen molar-refractivity contribution >= 4 is 5.91 Å². The first-order chi connectivity index (χ1) is 14.4. The third-order valence-electron chi connectivity index (χ3n) is 5.25. The summed E-state index contributed by atoms with van der Waals surface area (Å²) in [5.74, 6) is -0.548. The average molecular weight is 413 g/mol. The molecule has 30 heavy (non-hydrogen) atoms. The maximum Gasteiger partial charge on any atom is 0.435 e. The summed E-state index contributed by atoms with van der Waals surface area (Å²) in [6.45, 7) is 0.400. The molecule has 1 aliphatic rings. The molecule has 3 aromatic rings. The van der Waals surface area contributed by atoms with Crippen molar-refractivity contribution in [1.82, 2.24) is 15.1 Å². The molecule has 2 aromatic carbocycles. The summed E-state index contributed by atoms with van der Waals surface area (Å²) >= 11 is 0. The van der Waals surface area contributed by atoms with Crippen molar-refractivity contribution in [2.45, 2.75) is 37.4 Å². The van der Waals surface area contributed by atoms with Crippen LogP contribution in [0.4, 0.5) is 13.2 Å². The van der Waals surface area contributed by atoms with Gasteiger partial charge in [0.05, 0.1) is 12.5 Å². The van der Waals surface area contributed by atoms with Crippen molar-refractivity contribution in [2.75, 3.05) is 6.54 Å². The Kier molecular flexibility index (Phi) is 5.61. The highest BCUT2D eigenvalue weighted by Gasteiger charge is 2.37. The van der Waals surface area contributed by atoms with Crippen molar-refractivity contribution in [1.29, 1.82) is 0 Å². The summed E-state index contributed by atoms with van der Waals surface area (Å²) < 4.78 is 40.5. The first-order valence-electron chi connectivity index (χ1n) is 9.96. The van der Waals surface area contributed by atoms with Gasteiger partial charge in [-0.15, -0.1) is 0 Å². The lowest BCUT2D eigenvalue weighted by atomic mass is 9.90. The van der Waals surface area contributed by atoms with Crippen LogP contribution < -0.4 is 5.32 Å². The Bertz CT molecular complexity index is 956. The highest BCUT2D eigenvalue weighted by Crippen LogP contribution is 2.42. The molecule has 156 valence electrons. The molecule has 1 amide bonds. The predicted octanol–water partition coefficient (Wildman–Crippen LogP) is 4.73. The van der Waals surface area contributed by atoms with Crippen LogP contribution in [0.15, 0.2) is 66.7 Å². The second-order valence-electron chi connectivity index (χ2n) is 7.50. The van der Waals surface area contributed by atoms with E-state index < -0.39 is 17.8 Å². The zero-order chi connectivity index (χ0) is 21.1. The molecule has 0 unspecified atom stereocenters. The lowest BCUT2D eigenvalue weighted by Gasteiger charge is -2.18. The molecule has 0 spiro atoms. The van der Waals surface area contributed by atoms with Gasteiger partial charge in [-0.1, -0.05) is 60.7 Å². The Morgan fingerprint density at radius 1 is 1.03 bits per heavy atom. The van der Waals surface area contributed by atoms with Gasteiger partial charge >= 0.3 is 6.18 Å². The van der Waals surface area contributed by atoms with Gasteiger partial charge in [0.2, 0.25) is 5.91 Å². The van der Waals surface area contributed by atoms with Gasteiger partial charge < -0.3 is 5.32 Å². The monoisotopic (exact) mass is 413 g/mol. The summed E-state index contributed by atoms with van der Waals surface area (Å²) in [5.41, 5.74) is 1.44. The molecule has 0 atom stereocenters. The van der Waals surface area contributed by atoms with Crippen LogP contribution >= 0.6 is 0 Å². The lowest BCUT2D eigenvalue weighted by molar-refractivity contribution is -0.141. The molecule has 1 aromatic heterocycles. The largest absolute Gasteiger partial charge is 0.435 e. The Morgan fingerprint density at radius 3 is 2.10 bits per heavy atom. The summed E-state index contributed by atoms with van der Waals surface area (Å²) in [7, 11) is 0. The van der Waals surface area contributed by atoms with E-state index >= 15 is 0 Å². The van der Waals surface area contributed by atoms with Gasteiger partial charge in [0.1, 0.15) is 0 Å². The summed E-state index contributed by atoms with van der Waals surface area (Å²) in [4.78, 5) is 13.0. The topological polar surface area (TPSA) is 46.9 Å². The average Bonchev–Trinajstić information content (AvgIpc) is 3.48. The molecular formula is C23H22F3N3O. The standard InChI is InChI=1S/C23H22F3N3O/c24-23(25,26)20-15-19(16-11-12-16)29(28-20)14-13-27-22(30)21(17-7-3-1-4-8-17)18-9-5-2-6-10-18/h1-10,15-16,21H,11-14H2,(H,27,30). The third kappa shape index (κ3) is 4.56. The van der Waals surface area contributed by atoms with Crippen LogP contribution in [0.5, 0.6) is 0 Å². The smallest absolute Gasteiger partial charge is 0.353 e. The van der Waals surface area contributed by atoms with Crippen LogP contribution in [0.3, 0.4) is 0 Å². The molecular weight excluding hydrogens is 391 g/mol. The van der Waals surface area contributed by atoms with Crippen LogP contribution in [0.25, 0.3) is 0 Å². The molecule has 0 saturated heterocycles.